The van der Waals surface area contributed by atoms with Gasteiger partial charge in [-0.15, -0.1) is 0 Å². The summed E-state index contributed by atoms with van der Waals surface area (Å²) in [6, 6.07) is 5.19. The van der Waals surface area contributed by atoms with Crippen LogP contribution in [-0.4, -0.2) is 11.8 Å². The van der Waals surface area contributed by atoms with Crippen LogP contribution in [0.5, 0.6) is 0 Å². The maximum atomic E-state index is 12.5. The lowest BCUT2D eigenvalue weighted by Gasteiger charge is -2.19. The molecule has 19 heavy (non-hydrogen) atoms. The predicted octanol–water partition coefficient (Wildman–Crippen LogP) is 2.71. The molecule has 1 saturated heterocycles. The minimum Gasteiger partial charge on any atom is -0.399 e. The summed E-state index contributed by atoms with van der Waals surface area (Å²) in [5.41, 5.74) is 6.89. The number of carbonyl (C=O) groups is 2. The number of anilines is 2. The van der Waals surface area contributed by atoms with Crippen molar-refractivity contribution < 1.29 is 9.59 Å². The van der Waals surface area contributed by atoms with Crippen LogP contribution in [0.1, 0.15) is 25.7 Å². The summed E-state index contributed by atoms with van der Waals surface area (Å²) >= 11 is 3.39. The van der Waals surface area contributed by atoms with Gasteiger partial charge in [0.05, 0.1) is 17.5 Å². The summed E-state index contributed by atoms with van der Waals surface area (Å²) in [5.74, 6) is -0.397. The summed E-state index contributed by atoms with van der Waals surface area (Å²) < 4.78 is 0.724. The van der Waals surface area contributed by atoms with Gasteiger partial charge in [0.25, 0.3) is 0 Å². The van der Waals surface area contributed by atoms with Gasteiger partial charge in [-0.3, -0.25) is 9.59 Å². The predicted molar refractivity (Wildman–Crippen MR) is 76.5 cm³/mol. The molecule has 1 aliphatic carbocycles. The van der Waals surface area contributed by atoms with E-state index in [2.05, 4.69) is 15.9 Å². The molecule has 0 bridgehead atoms. The number of benzene rings is 1. The Kier molecular flexibility index (Phi) is 3.09. The largest absolute Gasteiger partial charge is 0.399 e. The molecule has 4 nitrogen and oxygen atoms in total. The van der Waals surface area contributed by atoms with Crippen LogP contribution >= 0.6 is 15.9 Å². The number of fused-ring (bicyclic) bond motifs is 1. The molecule has 2 unspecified atom stereocenters. The fourth-order valence-electron chi connectivity index (χ4n) is 3.10. The molecule has 1 saturated carbocycles. The quantitative estimate of drug-likeness (QED) is 0.638. The van der Waals surface area contributed by atoms with E-state index < -0.39 is 0 Å². The highest BCUT2D eigenvalue weighted by atomic mass is 79.9. The van der Waals surface area contributed by atoms with E-state index in [1.807, 2.05) is 0 Å². The number of nitrogens with two attached hydrogens (primary N) is 1. The summed E-state index contributed by atoms with van der Waals surface area (Å²) in [5, 5.41) is 0. The van der Waals surface area contributed by atoms with E-state index in [-0.39, 0.29) is 23.7 Å². The van der Waals surface area contributed by atoms with Crippen LogP contribution in [0.2, 0.25) is 0 Å². The van der Waals surface area contributed by atoms with E-state index in [0.717, 1.165) is 30.2 Å². The van der Waals surface area contributed by atoms with E-state index in [1.165, 1.54) is 4.90 Å². The Morgan fingerprint density at radius 3 is 2.26 bits per heavy atom. The maximum Gasteiger partial charge on any atom is 0.237 e. The van der Waals surface area contributed by atoms with E-state index in [0.29, 0.717) is 11.4 Å². The number of hydrogen-bond donors (Lipinski definition) is 1. The smallest absolute Gasteiger partial charge is 0.237 e. The van der Waals surface area contributed by atoms with Crippen LogP contribution in [0.3, 0.4) is 0 Å². The summed E-state index contributed by atoms with van der Waals surface area (Å²) in [6.07, 6.45) is 3.72. The average molecular weight is 323 g/mol. The molecule has 2 amide bonds. The lowest BCUT2D eigenvalue weighted by molar-refractivity contribution is -0.122. The fraction of sp³-hybridized carbons (Fsp3) is 0.429. The zero-order chi connectivity index (χ0) is 13.6. The van der Waals surface area contributed by atoms with Crippen molar-refractivity contribution in [2.24, 2.45) is 11.8 Å². The lowest BCUT2D eigenvalue weighted by atomic mass is 9.81. The van der Waals surface area contributed by atoms with Gasteiger partial charge in [-0.2, -0.15) is 0 Å². The van der Waals surface area contributed by atoms with Crippen LogP contribution in [0.4, 0.5) is 11.4 Å². The summed E-state index contributed by atoms with van der Waals surface area (Å²) in [7, 11) is 0. The zero-order valence-corrected chi connectivity index (χ0v) is 12.0. The number of hydrogen-bond acceptors (Lipinski definition) is 3. The lowest BCUT2D eigenvalue weighted by Crippen LogP contribution is -2.31. The molecule has 2 atom stereocenters. The third-order valence-electron chi connectivity index (χ3n) is 4.05. The second-order valence-electron chi connectivity index (χ2n) is 5.22. The molecule has 1 aliphatic heterocycles. The normalized spacial score (nSPS) is 26.7. The highest BCUT2D eigenvalue weighted by Gasteiger charge is 2.49. The van der Waals surface area contributed by atoms with Crippen molar-refractivity contribution in [2.75, 3.05) is 10.6 Å². The van der Waals surface area contributed by atoms with Crippen molar-refractivity contribution in [1.82, 2.24) is 0 Å². The molecule has 5 heteroatoms. The molecule has 0 radical (unpaired) electrons. The highest BCUT2D eigenvalue weighted by molar-refractivity contribution is 9.10. The monoisotopic (exact) mass is 322 g/mol. The van der Waals surface area contributed by atoms with Gasteiger partial charge in [0.2, 0.25) is 11.8 Å². The molecular weight excluding hydrogens is 308 g/mol. The van der Waals surface area contributed by atoms with Crippen molar-refractivity contribution in [1.29, 1.82) is 0 Å². The van der Waals surface area contributed by atoms with Gasteiger partial charge in [-0.05, 0) is 47.0 Å². The molecule has 0 spiro atoms. The topological polar surface area (TPSA) is 63.4 Å². The molecule has 1 aromatic carbocycles. The minimum absolute atomic E-state index is 0.0685. The Morgan fingerprint density at radius 2 is 1.68 bits per heavy atom. The van der Waals surface area contributed by atoms with Gasteiger partial charge in [0.1, 0.15) is 0 Å². The maximum absolute atomic E-state index is 12.5. The van der Waals surface area contributed by atoms with Gasteiger partial charge in [-0.25, -0.2) is 4.90 Å². The Labute approximate surface area is 120 Å². The van der Waals surface area contributed by atoms with Crippen molar-refractivity contribution in [3.8, 4) is 0 Å². The molecule has 2 fully saturated rings. The first-order valence-corrected chi connectivity index (χ1v) is 7.31. The SMILES string of the molecule is Nc1ccc(Br)c(N2C(=O)C3CCCCC3C2=O)c1. The van der Waals surface area contributed by atoms with E-state index >= 15 is 0 Å². The third kappa shape index (κ3) is 1.96. The molecule has 3 rings (SSSR count). The van der Waals surface area contributed by atoms with E-state index in [9.17, 15) is 9.59 Å². The molecule has 1 heterocycles. The van der Waals surface area contributed by atoms with Crippen LogP contribution in [0.15, 0.2) is 22.7 Å². The summed E-state index contributed by atoms with van der Waals surface area (Å²) in [4.78, 5) is 26.2. The molecule has 1 aromatic rings. The van der Waals surface area contributed by atoms with Crippen molar-refractivity contribution in [3.05, 3.63) is 22.7 Å². The molecule has 0 aromatic heterocycles. The van der Waals surface area contributed by atoms with Gasteiger partial charge in [0, 0.05) is 10.2 Å². The highest BCUT2D eigenvalue weighted by Crippen LogP contribution is 2.42. The Morgan fingerprint density at radius 1 is 1.11 bits per heavy atom. The van der Waals surface area contributed by atoms with Crippen LogP contribution in [0, 0.1) is 11.8 Å². The van der Waals surface area contributed by atoms with Crippen molar-refractivity contribution in [3.63, 3.8) is 0 Å². The van der Waals surface area contributed by atoms with Gasteiger partial charge < -0.3 is 5.73 Å². The standard InChI is InChI=1S/C14H15BrN2O2/c15-11-6-5-8(16)7-12(11)17-13(18)9-3-1-2-4-10(9)14(17)19/h5-7,9-10H,1-4,16H2. The van der Waals surface area contributed by atoms with Crippen molar-refractivity contribution >= 4 is 39.1 Å². The van der Waals surface area contributed by atoms with Gasteiger partial charge in [-0.1, -0.05) is 12.8 Å². The number of nitrogens with zero attached hydrogens (tertiary/aromatic N) is 1. The molecule has 100 valence electrons. The Balaban J connectivity index is 2.03. The number of amides is 2. The average Bonchev–Trinajstić information content (AvgIpc) is 2.66. The van der Waals surface area contributed by atoms with E-state index in [1.54, 1.807) is 18.2 Å². The first-order valence-electron chi connectivity index (χ1n) is 6.52. The first-order chi connectivity index (χ1) is 9.09. The van der Waals surface area contributed by atoms with Gasteiger partial charge >= 0.3 is 0 Å². The second kappa shape index (κ2) is 4.63. The van der Waals surface area contributed by atoms with Crippen LogP contribution in [-0.2, 0) is 9.59 Å². The molecular formula is C14H15BrN2O2. The number of imide groups is 1. The zero-order valence-electron chi connectivity index (χ0n) is 10.4. The van der Waals surface area contributed by atoms with Gasteiger partial charge in [0.15, 0.2) is 0 Å². The van der Waals surface area contributed by atoms with E-state index in [4.69, 9.17) is 5.73 Å². The third-order valence-corrected chi connectivity index (χ3v) is 4.72. The molecule has 2 N–H and O–H groups in total. The van der Waals surface area contributed by atoms with Crippen LogP contribution in [0.25, 0.3) is 0 Å². The molecule has 2 aliphatic rings. The Hall–Kier alpha value is -1.36. The number of halogens is 1. The fourth-order valence-corrected chi connectivity index (χ4v) is 3.52. The summed E-state index contributed by atoms with van der Waals surface area (Å²) in [6.45, 7) is 0. The number of rotatable bonds is 1. The second-order valence-corrected chi connectivity index (χ2v) is 6.07. The minimum atomic E-state index is -0.130. The number of carbonyl (C=O) groups excluding carboxylic acids is 2. The first kappa shape index (κ1) is 12.7. The Bertz CT molecular complexity index is 534. The van der Waals surface area contributed by atoms with Crippen molar-refractivity contribution in [2.45, 2.75) is 25.7 Å². The number of nitrogen functional groups attached to an aromatic ring is 1. The van der Waals surface area contributed by atoms with Crippen LogP contribution < -0.4 is 10.6 Å².